The van der Waals surface area contributed by atoms with Gasteiger partial charge in [-0.1, -0.05) is 19.3 Å². The smallest absolute Gasteiger partial charge is 0.214 e. The van der Waals surface area contributed by atoms with Crippen molar-refractivity contribution in [3.8, 4) is 0 Å². The summed E-state index contributed by atoms with van der Waals surface area (Å²) < 4.78 is 27.4. The largest absolute Gasteiger partial charge is 0.315 e. The third-order valence-electron chi connectivity index (χ3n) is 5.08. The fourth-order valence-corrected chi connectivity index (χ4v) is 6.53. The molecule has 2 heterocycles. The molecule has 20 heavy (non-hydrogen) atoms. The van der Waals surface area contributed by atoms with Gasteiger partial charge in [-0.15, -0.1) is 12.4 Å². The molecule has 0 aromatic carbocycles. The van der Waals surface area contributed by atoms with Crippen molar-refractivity contribution in [2.45, 2.75) is 63.5 Å². The summed E-state index contributed by atoms with van der Waals surface area (Å²) >= 11 is 0. The zero-order valence-corrected chi connectivity index (χ0v) is 13.7. The van der Waals surface area contributed by atoms with Gasteiger partial charge in [-0.2, -0.15) is 4.31 Å². The van der Waals surface area contributed by atoms with Gasteiger partial charge in [0, 0.05) is 18.6 Å². The highest BCUT2D eigenvalue weighted by Gasteiger charge is 2.42. The van der Waals surface area contributed by atoms with Crippen LogP contribution >= 0.6 is 12.4 Å². The molecule has 0 aromatic heterocycles. The molecule has 3 fully saturated rings. The van der Waals surface area contributed by atoms with Crippen LogP contribution < -0.4 is 5.32 Å². The summed E-state index contributed by atoms with van der Waals surface area (Å²) in [5.41, 5.74) is 0. The molecular weight excluding hydrogens is 296 g/mol. The lowest BCUT2D eigenvalue weighted by atomic mass is 9.91. The van der Waals surface area contributed by atoms with Crippen LogP contribution in [-0.2, 0) is 10.0 Å². The summed E-state index contributed by atoms with van der Waals surface area (Å²) in [6, 6.07) is 0.495. The Hall–Kier alpha value is 0.160. The van der Waals surface area contributed by atoms with Gasteiger partial charge in [0.1, 0.15) is 0 Å². The number of hydrogen-bond donors (Lipinski definition) is 1. The second-order valence-corrected chi connectivity index (χ2v) is 8.41. The van der Waals surface area contributed by atoms with E-state index in [1.807, 2.05) is 4.31 Å². The highest BCUT2D eigenvalue weighted by molar-refractivity contribution is 7.89. The second-order valence-electron chi connectivity index (χ2n) is 6.49. The monoisotopic (exact) mass is 322 g/mol. The van der Waals surface area contributed by atoms with Crippen molar-refractivity contribution in [1.29, 1.82) is 0 Å². The maximum absolute atomic E-state index is 12.8. The van der Waals surface area contributed by atoms with Gasteiger partial charge in [-0.05, 0) is 44.6 Å². The van der Waals surface area contributed by atoms with E-state index in [1.165, 1.54) is 19.3 Å². The van der Waals surface area contributed by atoms with Crippen LogP contribution in [0.25, 0.3) is 0 Å². The zero-order valence-electron chi connectivity index (χ0n) is 12.1. The van der Waals surface area contributed by atoms with Crippen molar-refractivity contribution >= 4 is 22.4 Å². The average Bonchev–Trinajstić information content (AvgIpc) is 2.64. The van der Waals surface area contributed by atoms with Crippen LogP contribution in [0.3, 0.4) is 0 Å². The predicted octanol–water partition coefficient (Wildman–Crippen LogP) is 2.14. The summed E-state index contributed by atoms with van der Waals surface area (Å²) in [6.45, 7) is 1.82. The molecule has 2 atom stereocenters. The molecule has 0 radical (unpaired) electrons. The summed E-state index contributed by atoms with van der Waals surface area (Å²) in [5, 5.41) is 3.38. The Bertz CT molecular complexity index is 395. The lowest BCUT2D eigenvalue weighted by Gasteiger charge is -2.30. The van der Waals surface area contributed by atoms with E-state index in [2.05, 4.69) is 5.32 Å². The van der Waals surface area contributed by atoms with E-state index < -0.39 is 10.0 Å². The minimum absolute atomic E-state index is 0. The lowest BCUT2D eigenvalue weighted by molar-refractivity contribution is 0.322. The van der Waals surface area contributed by atoms with Crippen LogP contribution in [0.2, 0.25) is 0 Å². The van der Waals surface area contributed by atoms with E-state index in [0.717, 1.165) is 45.2 Å². The third kappa shape index (κ3) is 3.49. The van der Waals surface area contributed by atoms with Crippen LogP contribution in [-0.4, -0.2) is 43.6 Å². The molecule has 2 bridgehead atoms. The Balaban J connectivity index is 0.00000147. The van der Waals surface area contributed by atoms with E-state index in [4.69, 9.17) is 0 Å². The molecule has 3 aliphatic rings. The van der Waals surface area contributed by atoms with Crippen LogP contribution in [0.5, 0.6) is 0 Å². The molecule has 0 aromatic rings. The molecular formula is C14H27ClN2O2S. The predicted molar refractivity (Wildman–Crippen MR) is 83.7 cm³/mol. The molecule has 6 heteroatoms. The Morgan fingerprint density at radius 3 is 2.40 bits per heavy atom. The van der Waals surface area contributed by atoms with Gasteiger partial charge in [-0.25, -0.2) is 8.42 Å². The molecule has 3 rings (SSSR count). The topological polar surface area (TPSA) is 49.4 Å². The number of nitrogens with zero attached hydrogens (tertiary/aromatic N) is 1. The standard InChI is InChI=1S/C14H26N2O2S.ClH/c17-19(18,11-12-4-2-1-3-5-12)16-13-6-7-14(16)10-15-9-8-13;/h12-15H,1-11H2;1H. The first-order valence-corrected chi connectivity index (χ1v) is 9.49. The van der Waals surface area contributed by atoms with Crippen molar-refractivity contribution in [2.24, 2.45) is 5.92 Å². The normalized spacial score (nSPS) is 32.6. The van der Waals surface area contributed by atoms with E-state index in [9.17, 15) is 8.42 Å². The summed E-state index contributed by atoms with van der Waals surface area (Å²) in [6.07, 6.45) is 9.04. The molecule has 4 nitrogen and oxygen atoms in total. The first-order chi connectivity index (χ1) is 9.17. The quantitative estimate of drug-likeness (QED) is 0.866. The van der Waals surface area contributed by atoms with E-state index in [-0.39, 0.29) is 24.5 Å². The molecule has 2 aliphatic heterocycles. The van der Waals surface area contributed by atoms with Crippen LogP contribution in [0.1, 0.15) is 51.4 Å². The van der Waals surface area contributed by atoms with Gasteiger partial charge < -0.3 is 5.32 Å². The van der Waals surface area contributed by atoms with E-state index in [0.29, 0.717) is 11.7 Å². The Morgan fingerprint density at radius 1 is 0.950 bits per heavy atom. The van der Waals surface area contributed by atoms with Crippen molar-refractivity contribution in [1.82, 2.24) is 9.62 Å². The summed E-state index contributed by atoms with van der Waals surface area (Å²) in [5.74, 6) is 0.814. The highest BCUT2D eigenvalue weighted by Crippen LogP contribution is 2.33. The Morgan fingerprint density at radius 2 is 1.65 bits per heavy atom. The lowest BCUT2D eigenvalue weighted by Crippen LogP contribution is -2.44. The first-order valence-electron chi connectivity index (χ1n) is 7.89. The molecule has 1 aliphatic carbocycles. The van der Waals surface area contributed by atoms with Crippen molar-refractivity contribution in [2.75, 3.05) is 18.8 Å². The van der Waals surface area contributed by atoms with Crippen LogP contribution in [0, 0.1) is 5.92 Å². The third-order valence-corrected chi connectivity index (χ3v) is 7.21. The van der Waals surface area contributed by atoms with Gasteiger partial charge in [-0.3, -0.25) is 0 Å². The average molecular weight is 323 g/mol. The second kappa shape index (κ2) is 6.95. The minimum atomic E-state index is -3.05. The molecule has 1 N–H and O–H groups in total. The number of hydrogen-bond acceptors (Lipinski definition) is 3. The number of sulfonamides is 1. The molecule has 118 valence electrons. The fraction of sp³-hybridized carbons (Fsp3) is 1.00. The Kier molecular flexibility index (Phi) is 5.74. The summed E-state index contributed by atoms with van der Waals surface area (Å²) in [4.78, 5) is 0. The van der Waals surface area contributed by atoms with Gasteiger partial charge in [0.05, 0.1) is 5.75 Å². The van der Waals surface area contributed by atoms with Gasteiger partial charge in [0.25, 0.3) is 0 Å². The maximum Gasteiger partial charge on any atom is 0.214 e. The fourth-order valence-electron chi connectivity index (χ4n) is 4.13. The molecule has 1 saturated carbocycles. The number of nitrogens with one attached hydrogen (secondary N) is 1. The minimum Gasteiger partial charge on any atom is -0.315 e. The van der Waals surface area contributed by atoms with Gasteiger partial charge in [0.15, 0.2) is 0 Å². The SMILES string of the molecule is Cl.O=S(=O)(CC1CCCCC1)N1C2CCNCC1CC2. The van der Waals surface area contributed by atoms with Gasteiger partial charge in [0.2, 0.25) is 10.0 Å². The van der Waals surface area contributed by atoms with Gasteiger partial charge >= 0.3 is 0 Å². The number of halogens is 1. The number of rotatable bonds is 3. The summed E-state index contributed by atoms with van der Waals surface area (Å²) in [7, 11) is -3.05. The van der Waals surface area contributed by atoms with Crippen LogP contribution in [0.4, 0.5) is 0 Å². The van der Waals surface area contributed by atoms with E-state index in [1.54, 1.807) is 0 Å². The zero-order chi connectivity index (χ0) is 13.3. The van der Waals surface area contributed by atoms with Crippen LogP contribution in [0.15, 0.2) is 0 Å². The number of fused-ring (bicyclic) bond motifs is 2. The molecule has 0 spiro atoms. The first kappa shape index (κ1) is 16.5. The van der Waals surface area contributed by atoms with E-state index >= 15 is 0 Å². The highest BCUT2D eigenvalue weighted by atomic mass is 35.5. The van der Waals surface area contributed by atoms with Crippen molar-refractivity contribution in [3.05, 3.63) is 0 Å². The Labute approximate surface area is 129 Å². The molecule has 2 saturated heterocycles. The van der Waals surface area contributed by atoms with Crippen molar-refractivity contribution in [3.63, 3.8) is 0 Å². The molecule has 0 amide bonds. The molecule has 2 unspecified atom stereocenters. The maximum atomic E-state index is 12.8. The van der Waals surface area contributed by atoms with Crippen molar-refractivity contribution < 1.29 is 8.42 Å².